The lowest BCUT2D eigenvalue weighted by Gasteiger charge is -2.38. The zero-order valence-electron chi connectivity index (χ0n) is 38.5. The zero-order chi connectivity index (χ0) is 53.4. The van der Waals surface area contributed by atoms with Crippen LogP contribution in [0.2, 0.25) is 0 Å². The number of nitrogens with two attached hydrogens (primary N) is 2. The lowest BCUT2D eigenvalue weighted by molar-refractivity contribution is -0.222. The van der Waals surface area contributed by atoms with Crippen molar-refractivity contribution in [3.63, 3.8) is 0 Å². The van der Waals surface area contributed by atoms with Crippen molar-refractivity contribution in [2.75, 3.05) is 6.54 Å². The van der Waals surface area contributed by atoms with Crippen molar-refractivity contribution in [3.8, 4) is 0 Å². The van der Waals surface area contributed by atoms with E-state index in [0.717, 1.165) is 12.4 Å². The largest absolute Gasteiger partial charge is 0.404 e. The van der Waals surface area contributed by atoms with Gasteiger partial charge in [0, 0.05) is 66.5 Å². The number of amides is 4. The number of allylic oxidation sites excluding steroid dienone is 2. The molecule has 0 unspecified atom stereocenters. The molecule has 2 fully saturated rings. The summed E-state index contributed by atoms with van der Waals surface area (Å²) in [5, 5.41) is 18.9. The molecule has 2 saturated carbocycles. The first-order chi connectivity index (χ1) is 32.9. The maximum absolute atomic E-state index is 15.9. The van der Waals surface area contributed by atoms with Crippen LogP contribution in [0.25, 0.3) is 11.1 Å². The normalized spacial score (nSPS) is 17.2. The number of hydrogen-bond donors (Lipinski definition) is 7. The van der Waals surface area contributed by atoms with Crippen LogP contribution in [0.5, 0.6) is 0 Å². The molecule has 0 aliphatic heterocycles. The van der Waals surface area contributed by atoms with Gasteiger partial charge in [-0.3, -0.25) is 24.6 Å². The van der Waals surface area contributed by atoms with Crippen LogP contribution in [0.15, 0.2) is 58.8 Å². The summed E-state index contributed by atoms with van der Waals surface area (Å²) in [5.74, 6) is -9.34. The van der Waals surface area contributed by atoms with Gasteiger partial charge in [-0.05, 0) is 88.6 Å². The Bertz CT molecular complexity index is 2320. The van der Waals surface area contributed by atoms with Crippen LogP contribution in [-0.4, -0.2) is 102 Å². The van der Waals surface area contributed by atoms with Gasteiger partial charge in [-0.15, -0.1) is 0 Å². The Labute approximate surface area is 399 Å². The summed E-state index contributed by atoms with van der Waals surface area (Å²) in [5.41, 5.74) is 5.62. The lowest BCUT2D eigenvalue weighted by Crippen LogP contribution is -2.64. The van der Waals surface area contributed by atoms with Crippen molar-refractivity contribution in [2.24, 2.45) is 44.1 Å². The number of carbonyl (C=O) groups is 4. The molecule has 2 aromatic rings. The van der Waals surface area contributed by atoms with Crippen LogP contribution in [0.1, 0.15) is 75.6 Å². The van der Waals surface area contributed by atoms with Crippen molar-refractivity contribution < 1.29 is 77.0 Å². The quantitative estimate of drug-likeness (QED) is 0.0301. The second kappa shape index (κ2) is 23.4. The van der Waals surface area contributed by atoms with Gasteiger partial charge in [0.15, 0.2) is 0 Å². The van der Waals surface area contributed by atoms with Gasteiger partial charge >= 0.3 is 25.5 Å². The van der Waals surface area contributed by atoms with Gasteiger partial charge in [0.25, 0.3) is 5.91 Å². The number of rotatable bonds is 23. The van der Waals surface area contributed by atoms with Crippen molar-refractivity contribution in [2.45, 2.75) is 116 Å². The summed E-state index contributed by atoms with van der Waals surface area (Å²) in [7, 11) is 0. The highest BCUT2D eigenvalue weighted by Crippen LogP contribution is 2.43. The SMILES string of the molecule is CC(C)([C@H](NC(=O)C1CC1)C(=O)N[C@@H](Cc1ccc(C(C=NC(F)F)=CN)cc1)[C@@H](O)CN(Cc1c(F)cc(C(C=NC(F)F)=CN)cc1F)NC(=O)[C@@H](NC(=O)C1CC1)C(C)(C)C(F)(F)F)C(F)(F)F. The molecule has 14 nitrogen and oxygen atoms in total. The van der Waals surface area contributed by atoms with E-state index in [1.165, 1.54) is 24.3 Å². The number of aliphatic imine (C=N–C) groups is 2. The Morgan fingerprint density at radius 2 is 1.13 bits per heavy atom. The fraction of sp³-hybridized carbons (Fsp3) is 0.511. The predicted octanol–water partition coefficient (Wildman–Crippen LogP) is 6.04. The van der Waals surface area contributed by atoms with Crippen molar-refractivity contribution in [1.82, 2.24) is 26.4 Å². The van der Waals surface area contributed by atoms with Gasteiger partial charge in [-0.25, -0.2) is 23.8 Å². The molecule has 4 rings (SSSR count). The Balaban J connectivity index is 1.84. The van der Waals surface area contributed by atoms with Crippen LogP contribution >= 0.6 is 0 Å². The molecule has 0 heterocycles. The molecular weight excluding hydrogens is 975 g/mol. The number of halogens is 12. The highest BCUT2D eigenvalue weighted by atomic mass is 19.4. The van der Waals surface area contributed by atoms with E-state index in [9.17, 15) is 68.2 Å². The van der Waals surface area contributed by atoms with Crippen molar-refractivity contribution in [1.29, 1.82) is 0 Å². The number of benzene rings is 2. The molecule has 26 heteroatoms. The zero-order valence-corrected chi connectivity index (χ0v) is 38.5. The van der Waals surface area contributed by atoms with Gasteiger partial charge in [-0.1, -0.05) is 24.3 Å². The number of nitrogens with zero attached hydrogens (tertiary/aromatic N) is 3. The number of aliphatic hydroxyl groups is 1. The maximum atomic E-state index is 15.9. The molecule has 0 saturated heterocycles. The van der Waals surface area contributed by atoms with Crippen LogP contribution in [-0.2, 0) is 32.1 Å². The van der Waals surface area contributed by atoms with E-state index in [0.29, 0.717) is 70.1 Å². The third-order valence-electron chi connectivity index (χ3n) is 11.9. The van der Waals surface area contributed by atoms with Crippen molar-refractivity contribution >= 4 is 47.2 Å². The topological polar surface area (TPSA) is 217 Å². The predicted molar refractivity (Wildman–Crippen MR) is 235 cm³/mol. The number of alkyl halides is 10. The molecule has 0 bridgehead atoms. The minimum absolute atomic E-state index is 0.00105. The second-order valence-corrected chi connectivity index (χ2v) is 18.1. The molecule has 4 atom stereocenters. The molecule has 4 amide bonds. The molecule has 2 aliphatic carbocycles. The van der Waals surface area contributed by atoms with Gasteiger partial charge in [0.1, 0.15) is 23.7 Å². The summed E-state index contributed by atoms with van der Waals surface area (Å²) < 4.78 is 171. The van der Waals surface area contributed by atoms with E-state index < -0.39 is 144 Å². The highest BCUT2D eigenvalue weighted by Gasteiger charge is 2.57. The van der Waals surface area contributed by atoms with E-state index in [1.807, 2.05) is 0 Å². The maximum Gasteiger partial charge on any atom is 0.396 e. The van der Waals surface area contributed by atoms with Gasteiger partial charge in [0.05, 0.1) is 23.0 Å². The summed E-state index contributed by atoms with van der Waals surface area (Å²) in [4.78, 5) is 59.7. The number of nitrogens with one attached hydrogen (secondary N) is 4. The summed E-state index contributed by atoms with van der Waals surface area (Å²) in [6.45, 7) is -6.25. The highest BCUT2D eigenvalue weighted by molar-refractivity contribution is 6.10. The van der Waals surface area contributed by atoms with Crippen LogP contribution in [0.4, 0.5) is 52.7 Å². The van der Waals surface area contributed by atoms with E-state index >= 15 is 8.78 Å². The molecule has 0 aromatic heterocycles. The number of hydrogen-bond acceptors (Lipinski definition) is 10. The minimum Gasteiger partial charge on any atom is -0.404 e. The van der Waals surface area contributed by atoms with E-state index in [2.05, 4.69) is 31.4 Å². The number of hydrazine groups is 1. The minimum atomic E-state index is -5.19. The molecule has 9 N–H and O–H groups in total. The Morgan fingerprint density at radius 1 is 0.704 bits per heavy atom. The summed E-state index contributed by atoms with van der Waals surface area (Å²) in [6.07, 6.45) is -8.96. The number of carbonyl (C=O) groups excluding carboxylic acids is 4. The summed E-state index contributed by atoms with van der Waals surface area (Å²) >= 11 is 0. The van der Waals surface area contributed by atoms with Gasteiger partial charge < -0.3 is 32.5 Å². The number of aliphatic hydroxyl groups excluding tert-OH is 1. The average molecular weight is 1030 g/mol. The Morgan fingerprint density at radius 3 is 1.52 bits per heavy atom. The first-order valence-corrected chi connectivity index (χ1v) is 21.7. The van der Waals surface area contributed by atoms with Gasteiger partial charge in [-0.2, -0.15) is 43.9 Å². The molecule has 0 spiro atoms. The third kappa shape index (κ3) is 15.4. The van der Waals surface area contributed by atoms with Crippen LogP contribution in [0, 0.1) is 34.3 Å². The molecule has 2 aromatic carbocycles. The van der Waals surface area contributed by atoms with E-state index in [4.69, 9.17) is 11.5 Å². The standard InChI is InChI=1S/C45H53F12N9O5/c1-42(2,44(52,53)54)34(63-36(68)24-9-10-24)38(70)62-32(13-22-5-7-23(8-6-22)27(16-58)18-60-40(48)49)33(67)21-66(20-29-30(46)14-26(15-31(29)47)28(17-59)19-61-41(50)51)65-39(71)35(43(3,4)45(55,56)57)64-37(69)25-11-12-25/h5-8,14-19,24-25,32-35,40-41,67H,9-13,20-21,58-59H2,1-4H3,(H,62,70)(H,63,68)(H,64,69)(H,65,71)/t32-,33-,34+,35+/m0/s1. The van der Waals surface area contributed by atoms with Crippen LogP contribution < -0.4 is 32.8 Å². The van der Waals surface area contributed by atoms with Gasteiger partial charge in [0.2, 0.25) is 17.7 Å². The molecule has 71 heavy (non-hydrogen) atoms. The lowest BCUT2D eigenvalue weighted by atomic mass is 9.82. The molecule has 0 radical (unpaired) electrons. The fourth-order valence-electron chi connectivity index (χ4n) is 6.86. The first-order valence-electron chi connectivity index (χ1n) is 21.7. The second-order valence-electron chi connectivity index (χ2n) is 18.1. The molecule has 392 valence electrons. The van der Waals surface area contributed by atoms with E-state index in [-0.39, 0.29) is 29.5 Å². The monoisotopic (exact) mass is 1030 g/mol. The molecular formula is C45H53F12N9O5. The fourth-order valence-corrected chi connectivity index (χ4v) is 6.86. The van der Waals surface area contributed by atoms with Crippen molar-refractivity contribution in [3.05, 3.63) is 82.7 Å². The Kier molecular flexibility index (Phi) is 18.9. The molecule has 2 aliphatic rings. The third-order valence-corrected chi connectivity index (χ3v) is 11.9. The average Bonchev–Trinajstić information content (AvgIpc) is 4.20. The Hall–Kier alpha value is -6.18. The first kappa shape index (κ1) is 57.4. The smallest absolute Gasteiger partial charge is 0.396 e. The summed E-state index contributed by atoms with van der Waals surface area (Å²) in [6, 6.07) is -0.120. The van der Waals surface area contributed by atoms with E-state index in [1.54, 1.807) is 0 Å². The van der Waals surface area contributed by atoms with Crippen LogP contribution in [0.3, 0.4) is 0 Å².